The van der Waals surface area contributed by atoms with Crippen molar-refractivity contribution >= 4 is 5.78 Å². The quantitative estimate of drug-likeness (QED) is 0.772. The normalized spacial score (nSPS) is 10.4. The Labute approximate surface area is 105 Å². The molecule has 0 saturated heterocycles. The number of ketones is 1. The van der Waals surface area contributed by atoms with Crippen molar-refractivity contribution in [2.24, 2.45) is 7.05 Å². The van der Waals surface area contributed by atoms with Gasteiger partial charge in [0.05, 0.1) is 11.8 Å². The van der Waals surface area contributed by atoms with Gasteiger partial charge in [-0.15, -0.1) is 5.10 Å². The molecule has 2 aromatic rings. The molecule has 0 aliphatic rings. The molecule has 2 rings (SSSR count). The standard InChI is InChI=1S/C13H15N3O2/c1-9-4-5-12(10(2)17)13(6-9)18-8-11-7-16(3)15-14-11/h4-7H,8H2,1-3H3. The number of hydrogen-bond acceptors (Lipinski definition) is 4. The minimum Gasteiger partial charge on any atom is -0.486 e. The van der Waals surface area contributed by atoms with E-state index in [-0.39, 0.29) is 5.78 Å². The van der Waals surface area contributed by atoms with E-state index in [0.29, 0.717) is 17.9 Å². The predicted molar refractivity (Wildman–Crippen MR) is 66.5 cm³/mol. The monoisotopic (exact) mass is 245 g/mol. The van der Waals surface area contributed by atoms with E-state index < -0.39 is 0 Å². The lowest BCUT2D eigenvalue weighted by atomic mass is 10.1. The molecule has 0 bridgehead atoms. The Balaban J connectivity index is 2.17. The van der Waals surface area contributed by atoms with E-state index in [9.17, 15) is 4.79 Å². The largest absolute Gasteiger partial charge is 0.486 e. The number of ether oxygens (including phenoxy) is 1. The zero-order valence-electron chi connectivity index (χ0n) is 10.7. The average molecular weight is 245 g/mol. The van der Waals surface area contributed by atoms with Crippen LogP contribution >= 0.6 is 0 Å². The first kappa shape index (κ1) is 12.3. The van der Waals surface area contributed by atoms with Crippen molar-refractivity contribution in [3.63, 3.8) is 0 Å². The molecule has 5 nitrogen and oxygen atoms in total. The number of Topliss-reactive ketones (excluding diaryl/α,β-unsaturated/α-hetero) is 1. The van der Waals surface area contributed by atoms with Gasteiger partial charge in [-0.05, 0) is 31.5 Å². The Morgan fingerprint density at radius 1 is 1.44 bits per heavy atom. The van der Waals surface area contributed by atoms with Crippen molar-refractivity contribution in [2.45, 2.75) is 20.5 Å². The molecule has 94 valence electrons. The maximum absolute atomic E-state index is 11.5. The van der Waals surface area contributed by atoms with E-state index in [2.05, 4.69) is 10.3 Å². The minimum absolute atomic E-state index is 0.0101. The van der Waals surface area contributed by atoms with Gasteiger partial charge in [0.1, 0.15) is 18.1 Å². The second-order valence-corrected chi connectivity index (χ2v) is 4.23. The first-order valence-electron chi connectivity index (χ1n) is 5.66. The third-order valence-corrected chi connectivity index (χ3v) is 2.54. The molecule has 0 aliphatic carbocycles. The van der Waals surface area contributed by atoms with Crippen molar-refractivity contribution in [3.05, 3.63) is 41.2 Å². The summed E-state index contributed by atoms with van der Waals surface area (Å²) in [6.07, 6.45) is 1.78. The molecule has 0 atom stereocenters. The van der Waals surface area contributed by atoms with Crippen LogP contribution < -0.4 is 4.74 Å². The van der Waals surface area contributed by atoms with E-state index in [1.54, 1.807) is 24.0 Å². The van der Waals surface area contributed by atoms with Gasteiger partial charge in [-0.1, -0.05) is 11.3 Å². The van der Waals surface area contributed by atoms with Crippen LogP contribution in [0.3, 0.4) is 0 Å². The molecule has 0 saturated carbocycles. The highest BCUT2D eigenvalue weighted by Crippen LogP contribution is 2.21. The molecule has 0 fully saturated rings. The zero-order chi connectivity index (χ0) is 13.1. The average Bonchev–Trinajstić information content (AvgIpc) is 2.72. The van der Waals surface area contributed by atoms with Crippen LogP contribution in [0.5, 0.6) is 5.75 Å². The van der Waals surface area contributed by atoms with Gasteiger partial charge in [-0.2, -0.15) is 0 Å². The molecular formula is C13H15N3O2. The number of benzene rings is 1. The highest BCUT2D eigenvalue weighted by molar-refractivity contribution is 5.96. The number of aryl methyl sites for hydroxylation is 2. The lowest BCUT2D eigenvalue weighted by molar-refractivity contribution is 0.101. The third-order valence-electron chi connectivity index (χ3n) is 2.54. The van der Waals surface area contributed by atoms with Gasteiger partial charge in [-0.25, -0.2) is 0 Å². The van der Waals surface area contributed by atoms with Gasteiger partial charge in [-0.3, -0.25) is 9.48 Å². The lowest BCUT2D eigenvalue weighted by Crippen LogP contribution is -2.02. The van der Waals surface area contributed by atoms with Crippen LogP contribution in [0.1, 0.15) is 28.5 Å². The van der Waals surface area contributed by atoms with Crippen molar-refractivity contribution < 1.29 is 9.53 Å². The van der Waals surface area contributed by atoms with Crippen LogP contribution in [0, 0.1) is 6.92 Å². The maximum atomic E-state index is 11.5. The number of nitrogens with zero attached hydrogens (tertiary/aromatic N) is 3. The van der Waals surface area contributed by atoms with Crippen molar-refractivity contribution in [1.82, 2.24) is 15.0 Å². The lowest BCUT2D eigenvalue weighted by Gasteiger charge is -2.09. The van der Waals surface area contributed by atoms with Crippen LogP contribution in [0.2, 0.25) is 0 Å². The van der Waals surface area contributed by atoms with E-state index >= 15 is 0 Å². The minimum atomic E-state index is -0.0101. The van der Waals surface area contributed by atoms with E-state index in [1.807, 2.05) is 19.1 Å². The summed E-state index contributed by atoms with van der Waals surface area (Å²) >= 11 is 0. The number of hydrogen-bond donors (Lipinski definition) is 0. The molecule has 0 unspecified atom stereocenters. The summed E-state index contributed by atoms with van der Waals surface area (Å²) in [4.78, 5) is 11.5. The summed E-state index contributed by atoms with van der Waals surface area (Å²) in [5, 5.41) is 7.75. The van der Waals surface area contributed by atoms with Crippen molar-refractivity contribution in [3.8, 4) is 5.75 Å². The number of carbonyl (C=O) groups is 1. The summed E-state index contributed by atoms with van der Waals surface area (Å²) in [6, 6.07) is 5.53. The Hall–Kier alpha value is -2.17. The van der Waals surface area contributed by atoms with Crippen LogP contribution in [-0.2, 0) is 13.7 Å². The van der Waals surface area contributed by atoms with Gasteiger partial charge in [0.15, 0.2) is 5.78 Å². The summed E-state index contributed by atoms with van der Waals surface area (Å²) in [7, 11) is 1.80. The van der Waals surface area contributed by atoms with Crippen molar-refractivity contribution in [1.29, 1.82) is 0 Å². The SMILES string of the molecule is CC(=O)c1ccc(C)cc1OCc1cn(C)nn1. The number of aromatic nitrogens is 3. The third kappa shape index (κ3) is 2.74. The molecule has 1 aromatic heterocycles. The molecule has 1 aromatic carbocycles. The summed E-state index contributed by atoms with van der Waals surface area (Å²) < 4.78 is 7.25. The van der Waals surface area contributed by atoms with Crippen LogP contribution in [-0.4, -0.2) is 20.8 Å². The molecule has 18 heavy (non-hydrogen) atoms. The molecular weight excluding hydrogens is 230 g/mol. The fourth-order valence-corrected chi connectivity index (χ4v) is 1.65. The van der Waals surface area contributed by atoms with Crippen LogP contribution in [0.15, 0.2) is 24.4 Å². The Kier molecular flexibility index (Phi) is 3.41. The molecule has 1 heterocycles. The zero-order valence-corrected chi connectivity index (χ0v) is 10.7. The molecule has 0 aliphatic heterocycles. The fraction of sp³-hybridized carbons (Fsp3) is 0.308. The topological polar surface area (TPSA) is 57.0 Å². The Bertz CT molecular complexity index is 575. The molecule has 0 spiro atoms. The smallest absolute Gasteiger partial charge is 0.163 e. The molecule has 0 amide bonds. The van der Waals surface area contributed by atoms with E-state index in [4.69, 9.17) is 4.74 Å². The summed E-state index contributed by atoms with van der Waals surface area (Å²) in [5.74, 6) is 0.581. The van der Waals surface area contributed by atoms with Gasteiger partial charge in [0.25, 0.3) is 0 Å². The summed E-state index contributed by atoms with van der Waals surface area (Å²) in [6.45, 7) is 3.79. The predicted octanol–water partition coefficient (Wildman–Crippen LogP) is 1.91. The van der Waals surface area contributed by atoms with Crippen LogP contribution in [0.4, 0.5) is 0 Å². The molecule has 0 N–H and O–H groups in total. The highest BCUT2D eigenvalue weighted by atomic mass is 16.5. The van der Waals surface area contributed by atoms with E-state index in [0.717, 1.165) is 11.3 Å². The first-order valence-corrected chi connectivity index (χ1v) is 5.66. The van der Waals surface area contributed by atoms with Gasteiger partial charge >= 0.3 is 0 Å². The molecule has 0 radical (unpaired) electrons. The van der Waals surface area contributed by atoms with Gasteiger partial charge in [0.2, 0.25) is 0 Å². The number of rotatable bonds is 4. The Morgan fingerprint density at radius 3 is 2.83 bits per heavy atom. The van der Waals surface area contributed by atoms with E-state index in [1.165, 1.54) is 6.92 Å². The van der Waals surface area contributed by atoms with Gasteiger partial charge in [0, 0.05) is 7.05 Å². The van der Waals surface area contributed by atoms with Crippen LogP contribution in [0.25, 0.3) is 0 Å². The summed E-state index contributed by atoms with van der Waals surface area (Å²) in [5.41, 5.74) is 2.37. The first-order chi connectivity index (χ1) is 8.56. The number of carbonyl (C=O) groups excluding carboxylic acids is 1. The maximum Gasteiger partial charge on any atom is 0.163 e. The van der Waals surface area contributed by atoms with Gasteiger partial charge < -0.3 is 4.74 Å². The van der Waals surface area contributed by atoms with Crippen molar-refractivity contribution in [2.75, 3.05) is 0 Å². The highest BCUT2D eigenvalue weighted by Gasteiger charge is 2.09. The second kappa shape index (κ2) is 5.00. The Morgan fingerprint density at radius 2 is 2.22 bits per heavy atom. The second-order valence-electron chi connectivity index (χ2n) is 4.23. The molecule has 5 heteroatoms. The fourth-order valence-electron chi connectivity index (χ4n) is 1.65.